The fourth-order valence-electron chi connectivity index (χ4n) is 4.57. The quantitative estimate of drug-likeness (QED) is 0.809. The summed E-state index contributed by atoms with van der Waals surface area (Å²) < 4.78 is 18.7. The molecule has 1 aliphatic heterocycles. The average Bonchev–Trinajstić information content (AvgIpc) is 3.16. The van der Waals surface area contributed by atoms with Crippen LogP contribution in [0.1, 0.15) is 32.1 Å². The molecule has 2 aromatic rings. The molecule has 4 rings (SSSR count). The number of nitrogens with one attached hydrogen (secondary N) is 1. The van der Waals surface area contributed by atoms with E-state index in [1.54, 1.807) is 25.1 Å². The molecule has 2 fully saturated rings. The van der Waals surface area contributed by atoms with Crippen molar-refractivity contribution >= 4 is 22.8 Å². The van der Waals surface area contributed by atoms with Gasteiger partial charge >= 0.3 is 6.03 Å². The van der Waals surface area contributed by atoms with Crippen molar-refractivity contribution in [2.75, 3.05) is 51.7 Å². The SMILES string of the molecule is CN(C)C(=O)N[C@H]1CC[C@H](CCN2CCN(c3noc4cc(F)ccc34)CC2)CC1. The van der Waals surface area contributed by atoms with Crippen LogP contribution in [0.3, 0.4) is 0 Å². The van der Waals surface area contributed by atoms with Gasteiger partial charge in [0.2, 0.25) is 0 Å². The first-order valence-corrected chi connectivity index (χ1v) is 11.0. The molecule has 0 atom stereocenters. The van der Waals surface area contributed by atoms with Crippen molar-refractivity contribution < 1.29 is 13.7 Å². The van der Waals surface area contributed by atoms with Gasteiger partial charge in [0.1, 0.15) is 5.82 Å². The Hall–Kier alpha value is -2.35. The maximum atomic E-state index is 13.4. The monoisotopic (exact) mass is 417 g/mol. The first kappa shape index (κ1) is 20.9. The average molecular weight is 418 g/mol. The van der Waals surface area contributed by atoms with Gasteiger partial charge in [0.25, 0.3) is 0 Å². The number of amides is 2. The lowest BCUT2D eigenvalue weighted by Gasteiger charge is -2.36. The number of nitrogens with zero attached hydrogens (tertiary/aromatic N) is 4. The summed E-state index contributed by atoms with van der Waals surface area (Å²) in [5.74, 6) is 1.27. The normalized spacial score (nSPS) is 23.0. The van der Waals surface area contributed by atoms with Gasteiger partial charge in [-0.25, -0.2) is 9.18 Å². The van der Waals surface area contributed by atoms with Crippen molar-refractivity contribution in [2.24, 2.45) is 5.92 Å². The number of carbonyl (C=O) groups excluding carboxylic acids is 1. The minimum Gasteiger partial charge on any atom is -0.354 e. The highest BCUT2D eigenvalue weighted by Gasteiger charge is 2.25. The van der Waals surface area contributed by atoms with Crippen LogP contribution in [-0.2, 0) is 0 Å². The van der Waals surface area contributed by atoms with Gasteiger partial charge in [0.15, 0.2) is 11.4 Å². The van der Waals surface area contributed by atoms with Gasteiger partial charge < -0.3 is 19.6 Å². The van der Waals surface area contributed by atoms with Crippen molar-refractivity contribution in [1.29, 1.82) is 0 Å². The van der Waals surface area contributed by atoms with Crippen molar-refractivity contribution in [3.8, 4) is 0 Å². The predicted molar refractivity (Wildman–Crippen MR) is 115 cm³/mol. The van der Waals surface area contributed by atoms with E-state index < -0.39 is 0 Å². The third-order valence-corrected chi connectivity index (χ3v) is 6.52. The molecular weight excluding hydrogens is 385 g/mol. The van der Waals surface area contributed by atoms with E-state index in [0.717, 1.165) is 62.7 Å². The van der Waals surface area contributed by atoms with Crippen LogP contribution in [0.15, 0.2) is 22.7 Å². The molecule has 0 radical (unpaired) electrons. The molecule has 2 amide bonds. The summed E-state index contributed by atoms with van der Waals surface area (Å²) in [5, 5.41) is 8.17. The fraction of sp³-hybridized carbons (Fsp3) is 0.636. The van der Waals surface area contributed by atoms with Crippen LogP contribution >= 0.6 is 0 Å². The molecule has 2 heterocycles. The Morgan fingerprint density at radius 1 is 1.20 bits per heavy atom. The van der Waals surface area contributed by atoms with Gasteiger partial charge in [-0.1, -0.05) is 5.16 Å². The Labute approximate surface area is 177 Å². The van der Waals surface area contributed by atoms with Crippen LogP contribution in [0.25, 0.3) is 11.0 Å². The van der Waals surface area contributed by atoms with Crippen LogP contribution in [0.4, 0.5) is 15.0 Å². The highest BCUT2D eigenvalue weighted by atomic mass is 19.1. The molecule has 30 heavy (non-hydrogen) atoms. The molecule has 0 spiro atoms. The summed E-state index contributed by atoms with van der Waals surface area (Å²) in [4.78, 5) is 18.2. The molecule has 8 heteroatoms. The lowest BCUT2D eigenvalue weighted by molar-refractivity contribution is 0.194. The molecule has 1 aromatic carbocycles. The van der Waals surface area contributed by atoms with Gasteiger partial charge in [0.05, 0.1) is 5.39 Å². The molecule has 0 unspecified atom stereocenters. The Morgan fingerprint density at radius 3 is 2.63 bits per heavy atom. The number of halogens is 1. The van der Waals surface area contributed by atoms with E-state index in [1.165, 1.54) is 31.4 Å². The highest BCUT2D eigenvalue weighted by molar-refractivity contribution is 5.88. The zero-order valence-electron chi connectivity index (χ0n) is 17.9. The Bertz CT molecular complexity index is 854. The van der Waals surface area contributed by atoms with Gasteiger partial charge in [-0.3, -0.25) is 4.90 Å². The third-order valence-electron chi connectivity index (χ3n) is 6.52. The number of urea groups is 1. The van der Waals surface area contributed by atoms with Crippen LogP contribution < -0.4 is 10.2 Å². The largest absolute Gasteiger partial charge is 0.354 e. The van der Waals surface area contributed by atoms with E-state index in [0.29, 0.717) is 11.6 Å². The van der Waals surface area contributed by atoms with Gasteiger partial charge in [-0.05, 0) is 56.7 Å². The fourth-order valence-corrected chi connectivity index (χ4v) is 4.57. The molecule has 1 aromatic heterocycles. The lowest BCUT2D eigenvalue weighted by atomic mass is 9.84. The minimum absolute atomic E-state index is 0.0151. The maximum absolute atomic E-state index is 13.4. The van der Waals surface area contributed by atoms with Gasteiger partial charge in [-0.15, -0.1) is 0 Å². The number of anilines is 1. The molecule has 7 nitrogen and oxygen atoms in total. The number of hydrogen-bond acceptors (Lipinski definition) is 5. The summed E-state index contributed by atoms with van der Waals surface area (Å²) in [7, 11) is 3.57. The van der Waals surface area contributed by atoms with Crippen molar-refractivity contribution in [1.82, 2.24) is 20.3 Å². The number of hydrogen-bond donors (Lipinski definition) is 1. The number of piperazine rings is 1. The summed E-state index contributed by atoms with van der Waals surface area (Å²) in [5.41, 5.74) is 0.504. The van der Waals surface area contributed by atoms with E-state index in [-0.39, 0.29) is 11.8 Å². The Balaban J connectivity index is 1.19. The third kappa shape index (κ3) is 4.86. The first-order valence-electron chi connectivity index (χ1n) is 11.0. The van der Waals surface area contributed by atoms with Gasteiger partial charge in [0, 0.05) is 52.4 Å². The molecule has 1 saturated heterocycles. The van der Waals surface area contributed by atoms with Crippen molar-refractivity contribution in [2.45, 2.75) is 38.1 Å². The number of benzene rings is 1. The van der Waals surface area contributed by atoms with Gasteiger partial charge in [-0.2, -0.15) is 0 Å². The Kier molecular flexibility index (Phi) is 6.41. The standard InChI is InChI=1S/C22H32FN5O2/c1-26(2)22(29)24-18-6-3-16(4-7-18)9-10-27-11-13-28(14-12-27)21-19-8-5-17(23)15-20(19)30-25-21/h5,8,15-16,18H,3-4,6-7,9-14H2,1-2H3,(H,24,29)/t16-,18-. The second kappa shape index (κ2) is 9.20. The molecule has 1 N–H and O–H groups in total. The number of carbonyl (C=O) groups is 1. The predicted octanol–water partition coefficient (Wildman–Crippen LogP) is 3.31. The summed E-state index contributed by atoms with van der Waals surface area (Å²) in [6.07, 6.45) is 5.77. The Morgan fingerprint density at radius 2 is 1.93 bits per heavy atom. The van der Waals surface area contributed by atoms with Crippen LogP contribution in [0, 0.1) is 11.7 Å². The molecule has 164 valence electrons. The number of rotatable bonds is 5. The van der Waals surface area contributed by atoms with E-state index in [1.807, 2.05) is 0 Å². The number of aromatic nitrogens is 1. The van der Waals surface area contributed by atoms with E-state index in [4.69, 9.17) is 4.52 Å². The zero-order chi connectivity index (χ0) is 21.1. The second-order valence-corrected chi connectivity index (χ2v) is 8.83. The highest BCUT2D eigenvalue weighted by Crippen LogP contribution is 2.29. The molecular formula is C22H32FN5O2. The second-order valence-electron chi connectivity index (χ2n) is 8.83. The summed E-state index contributed by atoms with van der Waals surface area (Å²) >= 11 is 0. The minimum atomic E-state index is -0.302. The summed E-state index contributed by atoms with van der Waals surface area (Å²) in [6, 6.07) is 4.94. The van der Waals surface area contributed by atoms with E-state index in [2.05, 4.69) is 20.3 Å². The van der Waals surface area contributed by atoms with Crippen LogP contribution in [0.2, 0.25) is 0 Å². The van der Waals surface area contributed by atoms with Crippen molar-refractivity contribution in [3.63, 3.8) is 0 Å². The summed E-state index contributed by atoms with van der Waals surface area (Å²) in [6.45, 7) is 4.94. The first-order chi connectivity index (χ1) is 14.5. The van der Waals surface area contributed by atoms with Crippen LogP contribution in [0.5, 0.6) is 0 Å². The van der Waals surface area contributed by atoms with E-state index >= 15 is 0 Å². The lowest BCUT2D eigenvalue weighted by Crippen LogP contribution is -2.47. The van der Waals surface area contributed by atoms with Crippen molar-refractivity contribution in [3.05, 3.63) is 24.0 Å². The maximum Gasteiger partial charge on any atom is 0.317 e. The number of fused-ring (bicyclic) bond motifs is 1. The smallest absolute Gasteiger partial charge is 0.317 e. The van der Waals surface area contributed by atoms with E-state index in [9.17, 15) is 9.18 Å². The topological polar surface area (TPSA) is 64.9 Å². The molecule has 1 aliphatic carbocycles. The zero-order valence-corrected chi connectivity index (χ0v) is 17.9. The molecule has 0 bridgehead atoms. The molecule has 2 aliphatic rings. The molecule has 1 saturated carbocycles. The van der Waals surface area contributed by atoms with Crippen LogP contribution in [-0.4, -0.2) is 73.8 Å².